The number of aryl methyl sites for hydroxylation is 2. The number of fused-ring (bicyclic) bond motifs is 1. The average molecular weight is 370 g/mol. The zero-order valence-electron chi connectivity index (χ0n) is 15.1. The topological polar surface area (TPSA) is 74.3 Å². The molecule has 26 heavy (non-hydrogen) atoms. The standard InChI is InChI=1S/C19H22N4O2S/c1-4-20-17(24)14-5-7-15(8-6-14)22-19(25)23-9-10-26-18-16(23)12(2)11-13(3)21-18/h5-8,11H,4,9-10H2,1-3H3,(H,20,24)(H,22,25). The van der Waals surface area contributed by atoms with E-state index in [1.54, 1.807) is 40.9 Å². The van der Waals surface area contributed by atoms with Crippen molar-refractivity contribution in [3.05, 3.63) is 47.2 Å². The van der Waals surface area contributed by atoms with Gasteiger partial charge >= 0.3 is 6.03 Å². The van der Waals surface area contributed by atoms with Gasteiger partial charge in [0, 0.05) is 35.8 Å². The Bertz CT molecular complexity index is 836. The summed E-state index contributed by atoms with van der Waals surface area (Å²) < 4.78 is 0. The lowest BCUT2D eigenvalue weighted by Crippen LogP contribution is -2.39. The number of pyridine rings is 1. The molecule has 1 aliphatic heterocycles. The predicted molar refractivity (Wildman–Crippen MR) is 105 cm³/mol. The van der Waals surface area contributed by atoms with Crippen molar-refractivity contribution in [3.8, 4) is 0 Å². The molecule has 2 N–H and O–H groups in total. The maximum absolute atomic E-state index is 12.8. The first-order chi connectivity index (χ1) is 12.5. The maximum atomic E-state index is 12.8. The van der Waals surface area contributed by atoms with Gasteiger partial charge in [0.1, 0.15) is 5.03 Å². The number of hydrogen-bond donors (Lipinski definition) is 2. The van der Waals surface area contributed by atoms with E-state index < -0.39 is 0 Å². The summed E-state index contributed by atoms with van der Waals surface area (Å²) in [6.45, 7) is 7.05. The number of nitrogens with one attached hydrogen (secondary N) is 2. The summed E-state index contributed by atoms with van der Waals surface area (Å²) >= 11 is 1.68. The van der Waals surface area contributed by atoms with Crippen LogP contribution in [0, 0.1) is 13.8 Å². The molecular formula is C19H22N4O2S. The number of benzene rings is 1. The smallest absolute Gasteiger partial charge is 0.326 e. The fraction of sp³-hybridized carbons (Fsp3) is 0.316. The lowest BCUT2D eigenvalue weighted by Gasteiger charge is -2.30. The number of rotatable bonds is 3. The number of urea groups is 1. The molecule has 1 aliphatic rings. The molecule has 2 aromatic rings. The van der Waals surface area contributed by atoms with Crippen molar-refractivity contribution < 1.29 is 9.59 Å². The van der Waals surface area contributed by atoms with E-state index in [2.05, 4.69) is 15.6 Å². The van der Waals surface area contributed by atoms with E-state index in [4.69, 9.17) is 0 Å². The van der Waals surface area contributed by atoms with Gasteiger partial charge in [-0.15, -0.1) is 11.8 Å². The molecule has 0 fully saturated rings. The lowest BCUT2D eigenvalue weighted by molar-refractivity contribution is 0.0956. The Morgan fingerprint density at radius 3 is 2.65 bits per heavy atom. The molecule has 3 rings (SSSR count). The molecule has 0 saturated heterocycles. The zero-order chi connectivity index (χ0) is 18.7. The SMILES string of the molecule is CCNC(=O)c1ccc(NC(=O)N2CCSc3nc(C)cc(C)c32)cc1. The van der Waals surface area contributed by atoms with Gasteiger partial charge in [-0.05, 0) is 56.7 Å². The van der Waals surface area contributed by atoms with Gasteiger partial charge in [-0.25, -0.2) is 9.78 Å². The number of anilines is 2. The Hall–Kier alpha value is -2.54. The van der Waals surface area contributed by atoms with E-state index in [0.29, 0.717) is 24.3 Å². The van der Waals surface area contributed by atoms with Gasteiger partial charge < -0.3 is 10.6 Å². The van der Waals surface area contributed by atoms with Crippen LogP contribution in [0.1, 0.15) is 28.5 Å². The molecule has 7 heteroatoms. The minimum Gasteiger partial charge on any atom is -0.352 e. The highest BCUT2D eigenvalue weighted by molar-refractivity contribution is 7.99. The molecule has 0 unspecified atom stereocenters. The summed E-state index contributed by atoms with van der Waals surface area (Å²) in [7, 11) is 0. The second kappa shape index (κ2) is 7.78. The first-order valence-corrected chi connectivity index (χ1v) is 9.56. The van der Waals surface area contributed by atoms with Crippen LogP contribution in [0.15, 0.2) is 35.4 Å². The molecule has 1 aromatic heterocycles. The Labute approximate surface area is 157 Å². The first-order valence-electron chi connectivity index (χ1n) is 8.57. The summed E-state index contributed by atoms with van der Waals surface area (Å²) in [6.07, 6.45) is 0. The Kier molecular flexibility index (Phi) is 5.46. The minimum atomic E-state index is -0.189. The van der Waals surface area contributed by atoms with Gasteiger partial charge in [-0.3, -0.25) is 9.69 Å². The highest BCUT2D eigenvalue weighted by Gasteiger charge is 2.26. The number of nitrogens with zero attached hydrogens (tertiary/aromatic N) is 2. The van der Waals surface area contributed by atoms with Gasteiger partial charge in [-0.1, -0.05) is 0 Å². The zero-order valence-corrected chi connectivity index (χ0v) is 15.9. The van der Waals surface area contributed by atoms with Crippen molar-refractivity contribution in [2.75, 3.05) is 29.1 Å². The summed E-state index contributed by atoms with van der Waals surface area (Å²) in [5.74, 6) is 0.691. The predicted octanol–water partition coefficient (Wildman–Crippen LogP) is 3.59. The van der Waals surface area contributed by atoms with Crippen molar-refractivity contribution in [2.45, 2.75) is 25.8 Å². The van der Waals surface area contributed by atoms with E-state index in [1.165, 1.54) is 0 Å². The fourth-order valence-corrected chi connectivity index (χ4v) is 4.02. The van der Waals surface area contributed by atoms with Crippen LogP contribution in [0.2, 0.25) is 0 Å². The Morgan fingerprint density at radius 2 is 1.96 bits per heavy atom. The van der Waals surface area contributed by atoms with Crippen LogP contribution in [0.25, 0.3) is 0 Å². The third kappa shape index (κ3) is 3.83. The molecule has 0 saturated carbocycles. The van der Waals surface area contributed by atoms with E-state index in [1.807, 2.05) is 26.8 Å². The Morgan fingerprint density at radius 1 is 1.23 bits per heavy atom. The molecule has 0 atom stereocenters. The molecule has 0 aliphatic carbocycles. The molecule has 0 bridgehead atoms. The summed E-state index contributed by atoms with van der Waals surface area (Å²) in [5.41, 5.74) is 4.10. The van der Waals surface area contributed by atoms with Gasteiger partial charge in [0.2, 0.25) is 0 Å². The highest BCUT2D eigenvalue weighted by Crippen LogP contribution is 2.36. The lowest BCUT2D eigenvalue weighted by atomic mass is 10.2. The second-order valence-corrected chi connectivity index (χ2v) is 7.18. The Balaban J connectivity index is 1.77. The summed E-state index contributed by atoms with van der Waals surface area (Å²) in [6, 6.07) is 8.69. The van der Waals surface area contributed by atoms with Gasteiger partial charge in [0.15, 0.2) is 0 Å². The van der Waals surface area contributed by atoms with Crippen LogP contribution in [0.3, 0.4) is 0 Å². The summed E-state index contributed by atoms with van der Waals surface area (Å²) in [4.78, 5) is 30.9. The number of thioether (sulfide) groups is 1. The molecule has 0 spiro atoms. The van der Waals surface area contributed by atoms with Crippen LogP contribution in [-0.2, 0) is 0 Å². The van der Waals surface area contributed by atoms with Crippen molar-refractivity contribution >= 4 is 35.1 Å². The van der Waals surface area contributed by atoms with Crippen molar-refractivity contribution in [1.82, 2.24) is 10.3 Å². The third-order valence-corrected chi connectivity index (χ3v) is 5.03. The van der Waals surface area contributed by atoms with E-state index in [-0.39, 0.29) is 11.9 Å². The van der Waals surface area contributed by atoms with Gasteiger partial charge in [0.05, 0.1) is 5.69 Å². The number of carbonyl (C=O) groups excluding carboxylic acids is 2. The molecule has 3 amide bonds. The third-order valence-electron chi connectivity index (χ3n) is 4.08. The maximum Gasteiger partial charge on any atom is 0.326 e. The van der Waals surface area contributed by atoms with E-state index in [0.717, 1.165) is 27.7 Å². The quantitative estimate of drug-likeness (QED) is 0.866. The second-order valence-electron chi connectivity index (χ2n) is 6.10. The molecule has 6 nitrogen and oxygen atoms in total. The number of hydrogen-bond acceptors (Lipinski definition) is 4. The number of carbonyl (C=O) groups is 2. The molecule has 2 heterocycles. The molecule has 136 valence electrons. The van der Waals surface area contributed by atoms with Gasteiger partial charge in [-0.2, -0.15) is 0 Å². The van der Waals surface area contributed by atoms with E-state index in [9.17, 15) is 9.59 Å². The summed E-state index contributed by atoms with van der Waals surface area (Å²) in [5, 5.41) is 6.56. The van der Waals surface area contributed by atoms with Crippen LogP contribution >= 0.6 is 11.8 Å². The van der Waals surface area contributed by atoms with Crippen molar-refractivity contribution in [2.24, 2.45) is 0 Å². The normalized spacial score (nSPS) is 13.1. The molecule has 0 radical (unpaired) electrons. The van der Waals surface area contributed by atoms with E-state index >= 15 is 0 Å². The largest absolute Gasteiger partial charge is 0.352 e. The highest BCUT2D eigenvalue weighted by atomic mass is 32.2. The van der Waals surface area contributed by atoms with Crippen LogP contribution in [-0.4, -0.2) is 35.8 Å². The van der Waals surface area contributed by atoms with Crippen molar-refractivity contribution in [3.63, 3.8) is 0 Å². The minimum absolute atomic E-state index is 0.121. The van der Waals surface area contributed by atoms with Crippen LogP contribution < -0.4 is 15.5 Å². The molecule has 1 aromatic carbocycles. The number of aromatic nitrogens is 1. The number of amides is 3. The molecular weight excluding hydrogens is 348 g/mol. The van der Waals surface area contributed by atoms with Crippen LogP contribution in [0.4, 0.5) is 16.2 Å². The monoisotopic (exact) mass is 370 g/mol. The van der Waals surface area contributed by atoms with Gasteiger partial charge in [0.25, 0.3) is 5.91 Å². The average Bonchev–Trinajstić information content (AvgIpc) is 2.61. The van der Waals surface area contributed by atoms with Crippen LogP contribution in [0.5, 0.6) is 0 Å². The first kappa shape index (κ1) is 18.3. The fourth-order valence-electron chi connectivity index (χ4n) is 2.93. The van der Waals surface area contributed by atoms with Crippen molar-refractivity contribution in [1.29, 1.82) is 0 Å².